The van der Waals surface area contributed by atoms with Gasteiger partial charge in [-0.05, 0) is 57.0 Å². The molecular weight excluding hydrogens is 388 g/mol. The van der Waals surface area contributed by atoms with Crippen LogP contribution in [0.3, 0.4) is 0 Å². The van der Waals surface area contributed by atoms with Gasteiger partial charge in [0.05, 0.1) is 19.9 Å². The maximum absolute atomic E-state index is 13.3. The number of anilines is 2. The van der Waals surface area contributed by atoms with E-state index in [1.54, 1.807) is 4.57 Å². The third-order valence-corrected chi connectivity index (χ3v) is 5.71. The molecule has 2 heterocycles. The van der Waals surface area contributed by atoms with E-state index in [2.05, 4.69) is 41.0 Å². The molecule has 0 radical (unpaired) electrons. The van der Waals surface area contributed by atoms with E-state index in [0.717, 1.165) is 29.2 Å². The Bertz CT molecular complexity index is 1100. The van der Waals surface area contributed by atoms with Gasteiger partial charge in [-0.15, -0.1) is 0 Å². The number of aryl methyl sites for hydroxylation is 2. The molecule has 6 heteroatoms. The van der Waals surface area contributed by atoms with Crippen LogP contribution in [0.1, 0.15) is 36.2 Å². The summed E-state index contributed by atoms with van der Waals surface area (Å²) in [7, 11) is 0. The molecule has 0 spiro atoms. The number of nitrogens with zero attached hydrogens (tertiary/aromatic N) is 4. The van der Waals surface area contributed by atoms with Gasteiger partial charge in [-0.25, -0.2) is 4.98 Å². The second kappa shape index (κ2) is 8.94. The molecule has 4 rings (SSSR count). The Morgan fingerprint density at radius 3 is 2.32 bits per heavy atom. The van der Waals surface area contributed by atoms with Crippen molar-refractivity contribution in [2.24, 2.45) is 0 Å². The van der Waals surface area contributed by atoms with Gasteiger partial charge in [0.1, 0.15) is 5.75 Å². The minimum Gasteiger partial charge on any atom is -0.494 e. The molecule has 31 heavy (non-hydrogen) atoms. The summed E-state index contributed by atoms with van der Waals surface area (Å²) >= 11 is 0. The number of fused-ring (bicyclic) bond motifs is 1. The first-order chi connectivity index (χ1) is 15.0. The molecule has 1 aromatic heterocycles. The minimum atomic E-state index is 0.0505. The van der Waals surface area contributed by atoms with Gasteiger partial charge < -0.3 is 4.74 Å². The lowest BCUT2D eigenvalue weighted by atomic mass is 10.1. The highest BCUT2D eigenvalue weighted by atomic mass is 16.5. The molecule has 0 atom stereocenters. The van der Waals surface area contributed by atoms with E-state index < -0.39 is 0 Å². The molecule has 0 N–H and O–H groups in total. The van der Waals surface area contributed by atoms with E-state index >= 15 is 0 Å². The molecule has 1 aliphatic rings. The van der Waals surface area contributed by atoms with Crippen molar-refractivity contribution >= 4 is 11.6 Å². The predicted molar refractivity (Wildman–Crippen MR) is 124 cm³/mol. The molecule has 0 aliphatic carbocycles. The van der Waals surface area contributed by atoms with Crippen LogP contribution in [0.4, 0.5) is 11.6 Å². The molecular formula is C25H30N4O2. The Kier molecular flexibility index (Phi) is 6.09. The molecule has 3 aromatic rings. The molecule has 0 unspecified atom stereocenters. The summed E-state index contributed by atoms with van der Waals surface area (Å²) in [5.74, 6) is 1.53. The zero-order valence-corrected chi connectivity index (χ0v) is 18.8. The van der Waals surface area contributed by atoms with E-state index in [0.29, 0.717) is 32.3 Å². The number of hydrogen-bond acceptors (Lipinski definition) is 5. The molecule has 1 aliphatic heterocycles. The van der Waals surface area contributed by atoms with Crippen molar-refractivity contribution in [1.82, 2.24) is 14.5 Å². The first-order valence-electron chi connectivity index (χ1n) is 10.9. The van der Waals surface area contributed by atoms with Crippen LogP contribution < -0.4 is 15.2 Å². The lowest BCUT2D eigenvalue weighted by Crippen LogP contribution is -2.47. The van der Waals surface area contributed by atoms with Gasteiger partial charge in [0.25, 0.3) is 5.56 Å². The van der Waals surface area contributed by atoms with Crippen LogP contribution in [0, 0.1) is 13.8 Å². The average Bonchev–Trinajstić information content (AvgIpc) is 2.77. The van der Waals surface area contributed by atoms with Crippen LogP contribution in [0.15, 0.2) is 53.3 Å². The first kappa shape index (κ1) is 21.1. The van der Waals surface area contributed by atoms with Gasteiger partial charge in [0.2, 0.25) is 5.95 Å². The van der Waals surface area contributed by atoms with Crippen molar-refractivity contribution in [2.45, 2.75) is 47.3 Å². The van der Waals surface area contributed by atoms with Gasteiger partial charge in [0, 0.05) is 23.5 Å². The number of ether oxygens (including phenoxy) is 1. The van der Waals surface area contributed by atoms with Crippen LogP contribution in [0.25, 0.3) is 0 Å². The van der Waals surface area contributed by atoms with E-state index in [1.165, 1.54) is 11.1 Å². The van der Waals surface area contributed by atoms with Crippen molar-refractivity contribution in [3.8, 4) is 5.75 Å². The zero-order chi connectivity index (χ0) is 22.0. The maximum Gasteiger partial charge on any atom is 0.259 e. The quantitative estimate of drug-likeness (QED) is 0.594. The number of rotatable bonds is 6. The van der Waals surface area contributed by atoms with Crippen LogP contribution >= 0.6 is 0 Å². The summed E-state index contributed by atoms with van der Waals surface area (Å²) in [6.07, 6.45) is 0.680. The minimum absolute atomic E-state index is 0.0505. The third-order valence-electron chi connectivity index (χ3n) is 5.71. The lowest BCUT2D eigenvalue weighted by Gasteiger charge is -2.38. The van der Waals surface area contributed by atoms with Crippen molar-refractivity contribution in [1.29, 1.82) is 0 Å². The SMILES string of the molecule is CCOc1ccc(N2CN(Cc3ccc(C)cc3)Cn3c2nc(C)c(CC)c3=O)cc1. The third kappa shape index (κ3) is 4.35. The topological polar surface area (TPSA) is 50.6 Å². The van der Waals surface area contributed by atoms with Crippen molar-refractivity contribution < 1.29 is 4.74 Å². The van der Waals surface area contributed by atoms with E-state index in [9.17, 15) is 4.79 Å². The van der Waals surface area contributed by atoms with Crippen molar-refractivity contribution in [2.75, 3.05) is 18.2 Å². The second-order valence-electron chi connectivity index (χ2n) is 8.01. The van der Waals surface area contributed by atoms with E-state index in [4.69, 9.17) is 9.72 Å². The van der Waals surface area contributed by atoms with Crippen molar-refractivity contribution in [3.63, 3.8) is 0 Å². The summed E-state index contributed by atoms with van der Waals surface area (Å²) in [6.45, 7) is 10.6. The summed E-state index contributed by atoms with van der Waals surface area (Å²) in [6, 6.07) is 16.5. The predicted octanol–water partition coefficient (Wildman–Crippen LogP) is 4.39. The van der Waals surface area contributed by atoms with Crippen molar-refractivity contribution in [3.05, 3.63) is 81.3 Å². The lowest BCUT2D eigenvalue weighted by molar-refractivity contribution is 0.189. The Hall–Kier alpha value is -3.12. The first-order valence-corrected chi connectivity index (χ1v) is 10.9. The van der Waals surface area contributed by atoms with E-state index in [1.807, 2.05) is 45.0 Å². The number of aromatic nitrogens is 2. The Balaban J connectivity index is 1.74. The number of hydrogen-bond donors (Lipinski definition) is 0. The normalized spacial score (nSPS) is 13.9. The Morgan fingerprint density at radius 1 is 0.968 bits per heavy atom. The Labute approximate surface area is 183 Å². The van der Waals surface area contributed by atoms with Crippen LogP contribution in [0.5, 0.6) is 5.75 Å². The Morgan fingerprint density at radius 2 is 1.68 bits per heavy atom. The summed E-state index contributed by atoms with van der Waals surface area (Å²) in [5, 5.41) is 0. The van der Waals surface area contributed by atoms with Gasteiger partial charge >= 0.3 is 0 Å². The highest BCUT2D eigenvalue weighted by molar-refractivity contribution is 5.59. The standard InChI is InChI=1S/C25H30N4O2/c1-5-23-19(4)26-25-28(21-11-13-22(14-12-21)31-6-2)16-27(17-29(25)24(23)30)15-20-9-7-18(3)8-10-20/h7-14H,5-6,15-17H2,1-4H3. The van der Waals surface area contributed by atoms with Crippen LogP contribution in [-0.2, 0) is 19.6 Å². The fraction of sp³-hybridized carbons (Fsp3) is 0.360. The molecule has 6 nitrogen and oxygen atoms in total. The molecule has 162 valence electrons. The maximum atomic E-state index is 13.3. The van der Waals surface area contributed by atoms with Crippen LogP contribution in [0.2, 0.25) is 0 Å². The molecule has 0 saturated heterocycles. The summed E-state index contributed by atoms with van der Waals surface area (Å²) in [4.78, 5) is 22.5. The van der Waals surface area contributed by atoms with Gasteiger partial charge in [0.15, 0.2) is 0 Å². The molecule has 0 fully saturated rings. The fourth-order valence-corrected chi connectivity index (χ4v) is 4.07. The van der Waals surface area contributed by atoms with Gasteiger partial charge in [-0.2, -0.15) is 0 Å². The fourth-order valence-electron chi connectivity index (χ4n) is 4.07. The second-order valence-corrected chi connectivity index (χ2v) is 8.01. The highest BCUT2D eigenvalue weighted by Gasteiger charge is 2.27. The van der Waals surface area contributed by atoms with E-state index in [-0.39, 0.29) is 5.56 Å². The smallest absolute Gasteiger partial charge is 0.259 e. The zero-order valence-electron chi connectivity index (χ0n) is 18.8. The average molecular weight is 419 g/mol. The monoisotopic (exact) mass is 418 g/mol. The highest BCUT2D eigenvalue weighted by Crippen LogP contribution is 2.29. The van der Waals surface area contributed by atoms with Crippen LogP contribution in [-0.4, -0.2) is 27.7 Å². The summed E-state index contributed by atoms with van der Waals surface area (Å²) < 4.78 is 7.40. The molecule has 0 saturated carbocycles. The number of benzene rings is 2. The molecule has 2 aromatic carbocycles. The molecule has 0 amide bonds. The van der Waals surface area contributed by atoms with Gasteiger partial charge in [-0.1, -0.05) is 36.8 Å². The van der Waals surface area contributed by atoms with Gasteiger partial charge in [-0.3, -0.25) is 19.2 Å². The molecule has 0 bridgehead atoms. The summed E-state index contributed by atoms with van der Waals surface area (Å²) in [5.41, 5.74) is 5.10. The largest absolute Gasteiger partial charge is 0.494 e.